The third kappa shape index (κ3) is 3.75. The molecule has 0 aliphatic carbocycles. The number of benzene rings is 2. The average molecular weight is 375 g/mol. The Morgan fingerprint density at radius 1 is 1.04 bits per heavy atom. The van der Waals surface area contributed by atoms with Gasteiger partial charge in [0.05, 0.1) is 12.0 Å². The summed E-state index contributed by atoms with van der Waals surface area (Å²) in [5.74, 6) is 0.0142. The molecule has 0 radical (unpaired) electrons. The standard InChI is InChI=1S/C21H17N3O2S/c1-24(17-6-3-2-4-7-17)21-23-18(14-27-21)15-9-11-16(12-10-15)22-20(25)19-8-5-13-26-19/h2-14H,1H3,(H,22,25). The molecule has 6 heteroatoms. The van der Waals surface area contributed by atoms with Crippen LogP contribution in [0.15, 0.2) is 82.8 Å². The Bertz CT molecular complexity index is 1030. The van der Waals surface area contributed by atoms with Gasteiger partial charge in [-0.1, -0.05) is 30.3 Å². The summed E-state index contributed by atoms with van der Waals surface area (Å²) in [5.41, 5.74) is 3.70. The number of carbonyl (C=O) groups excluding carboxylic acids is 1. The van der Waals surface area contributed by atoms with Crippen molar-refractivity contribution in [1.29, 1.82) is 0 Å². The van der Waals surface area contributed by atoms with Gasteiger partial charge in [0.2, 0.25) is 0 Å². The number of carbonyl (C=O) groups is 1. The van der Waals surface area contributed by atoms with Crippen molar-refractivity contribution in [2.75, 3.05) is 17.3 Å². The number of nitrogens with one attached hydrogen (secondary N) is 1. The van der Waals surface area contributed by atoms with Gasteiger partial charge in [0.25, 0.3) is 5.91 Å². The van der Waals surface area contributed by atoms with Crippen molar-refractivity contribution < 1.29 is 9.21 Å². The van der Waals surface area contributed by atoms with E-state index in [-0.39, 0.29) is 11.7 Å². The molecule has 27 heavy (non-hydrogen) atoms. The second-order valence-corrected chi connectivity index (χ2v) is 6.76. The van der Waals surface area contributed by atoms with Crippen LogP contribution in [0.25, 0.3) is 11.3 Å². The van der Waals surface area contributed by atoms with E-state index in [0.29, 0.717) is 5.69 Å². The molecule has 0 aliphatic rings. The van der Waals surface area contributed by atoms with Crippen LogP contribution in [0.2, 0.25) is 0 Å². The van der Waals surface area contributed by atoms with E-state index in [9.17, 15) is 4.79 Å². The molecule has 2 aromatic heterocycles. The minimum atomic E-state index is -0.270. The van der Waals surface area contributed by atoms with E-state index in [4.69, 9.17) is 9.40 Å². The SMILES string of the molecule is CN(c1ccccc1)c1nc(-c2ccc(NC(=O)c3ccco3)cc2)cs1. The number of hydrogen-bond acceptors (Lipinski definition) is 5. The van der Waals surface area contributed by atoms with Crippen molar-refractivity contribution in [3.05, 3.63) is 84.1 Å². The van der Waals surface area contributed by atoms with E-state index in [2.05, 4.69) is 22.3 Å². The van der Waals surface area contributed by atoms with Gasteiger partial charge in [-0.15, -0.1) is 11.3 Å². The first-order chi connectivity index (χ1) is 13.2. The topological polar surface area (TPSA) is 58.4 Å². The Morgan fingerprint density at radius 3 is 2.52 bits per heavy atom. The zero-order valence-corrected chi connectivity index (χ0v) is 15.4. The number of aromatic nitrogens is 1. The highest BCUT2D eigenvalue weighted by Gasteiger charge is 2.11. The van der Waals surface area contributed by atoms with E-state index in [0.717, 1.165) is 22.1 Å². The number of thiazole rings is 1. The Hall–Kier alpha value is -3.38. The highest BCUT2D eigenvalue weighted by atomic mass is 32.1. The molecule has 0 bridgehead atoms. The van der Waals surface area contributed by atoms with Crippen molar-refractivity contribution in [3.63, 3.8) is 0 Å². The molecule has 4 aromatic rings. The van der Waals surface area contributed by atoms with Gasteiger partial charge in [-0.05, 0) is 36.4 Å². The lowest BCUT2D eigenvalue weighted by atomic mass is 10.1. The Kier molecular flexibility index (Phi) is 4.72. The molecule has 134 valence electrons. The van der Waals surface area contributed by atoms with Crippen molar-refractivity contribution in [3.8, 4) is 11.3 Å². The van der Waals surface area contributed by atoms with Gasteiger partial charge in [-0.25, -0.2) is 4.98 Å². The molecule has 4 rings (SSSR count). The number of para-hydroxylation sites is 1. The fraction of sp³-hybridized carbons (Fsp3) is 0.0476. The van der Waals surface area contributed by atoms with Crippen LogP contribution in [0.1, 0.15) is 10.6 Å². The van der Waals surface area contributed by atoms with Gasteiger partial charge in [-0.3, -0.25) is 4.79 Å². The number of hydrogen-bond donors (Lipinski definition) is 1. The number of rotatable bonds is 5. The van der Waals surface area contributed by atoms with Gasteiger partial charge < -0.3 is 14.6 Å². The molecule has 2 heterocycles. The maximum Gasteiger partial charge on any atom is 0.291 e. The summed E-state index contributed by atoms with van der Waals surface area (Å²) in [7, 11) is 2.01. The third-order valence-electron chi connectivity index (χ3n) is 4.11. The van der Waals surface area contributed by atoms with Crippen LogP contribution < -0.4 is 10.2 Å². The lowest BCUT2D eigenvalue weighted by Crippen LogP contribution is -2.10. The van der Waals surface area contributed by atoms with Crippen LogP contribution >= 0.6 is 11.3 Å². The summed E-state index contributed by atoms with van der Waals surface area (Å²) in [5, 5.41) is 5.76. The lowest BCUT2D eigenvalue weighted by Gasteiger charge is -2.15. The van der Waals surface area contributed by atoms with Crippen LogP contribution in [0.4, 0.5) is 16.5 Å². The molecule has 0 saturated heterocycles. The second-order valence-electron chi connectivity index (χ2n) is 5.92. The zero-order chi connectivity index (χ0) is 18.6. The predicted octanol–water partition coefficient (Wildman–Crippen LogP) is 5.42. The van der Waals surface area contributed by atoms with Gasteiger partial charge in [0.1, 0.15) is 0 Å². The van der Waals surface area contributed by atoms with E-state index < -0.39 is 0 Å². The molecule has 5 nitrogen and oxygen atoms in total. The Labute approximate surface area is 160 Å². The monoisotopic (exact) mass is 375 g/mol. The molecule has 0 spiro atoms. The summed E-state index contributed by atoms with van der Waals surface area (Å²) in [4.78, 5) is 18.8. The molecule has 0 fully saturated rings. The largest absolute Gasteiger partial charge is 0.459 e. The van der Waals surface area contributed by atoms with Gasteiger partial charge in [0, 0.05) is 29.4 Å². The normalized spacial score (nSPS) is 10.6. The van der Waals surface area contributed by atoms with Gasteiger partial charge in [-0.2, -0.15) is 0 Å². The fourth-order valence-electron chi connectivity index (χ4n) is 2.64. The molecule has 0 atom stereocenters. The minimum Gasteiger partial charge on any atom is -0.459 e. The summed E-state index contributed by atoms with van der Waals surface area (Å²) < 4.78 is 5.10. The first-order valence-corrected chi connectivity index (χ1v) is 9.28. The second kappa shape index (κ2) is 7.47. The highest BCUT2D eigenvalue weighted by molar-refractivity contribution is 7.14. The number of furan rings is 1. The van der Waals surface area contributed by atoms with Gasteiger partial charge >= 0.3 is 0 Å². The smallest absolute Gasteiger partial charge is 0.291 e. The van der Waals surface area contributed by atoms with E-state index >= 15 is 0 Å². The Morgan fingerprint density at radius 2 is 1.81 bits per heavy atom. The summed E-state index contributed by atoms with van der Waals surface area (Å²) in [6.07, 6.45) is 1.48. The van der Waals surface area contributed by atoms with Crippen LogP contribution in [0.5, 0.6) is 0 Å². The minimum absolute atomic E-state index is 0.270. The first kappa shape index (κ1) is 17.1. The summed E-state index contributed by atoms with van der Waals surface area (Å²) in [6.45, 7) is 0. The van der Waals surface area contributed by atoms with Crippen LogP contribution in [-0.2, 0) is 0 Å². The zero-order valence-electron chi connectivity index (χ0n) is 14.6. The molecule has 1 amide bonds. The summed E-state index contributed by atoms with van der Waals surface area (Å²) in [6, 6.07) is 21.0. The number of nitrogens with zero attached hydrogens (tertiary/aromatic N) is 2. The van der Waals surface area contributed by atoms with Gasteiger partial charge in [0.15, 0.2) is 10.9 Å². The third-order valence-corrected chi connectivity index (χ3v) is 5.02. The van der Waals surface area contributed by atoms with E-state index in [1.165, 1.54) is 6.26 Å². The maximum absolute atomic E-state index is 12.0. The number of anilines is 3. The predicted molar refractivity (Wildman–Crippen MR) is 109 cm³/mol. The molecule has 0 aliphatic heterocycles. The Balaban J connectivity index is 1.48. The van der Waals surface area contributed by atoms with Crippen LogP contribution in [0, 0.1) is 0 Å². The van der Waals surface area contributed by atoms with Crippen LogP contribution in [0.3, 0.4) is 0 Å². The van der Waals surface area contributed by atoms with Crippen molar-refractivity contribution in [1.82, 2.24) is 4.98 Å². The van der Waals surface area contributed by atoms with Crippen molar-refractivity contribution in [2.45, 2.75) is 0 Å². The quantitative estimate of drug-likeness (QED) is 0.506. The highest BCUT2D eigenvalue weighted by Crippen LogP contribution is 2.31. The lowest BCUT2D eigenvalue weighted by molar-refractivity contribution is 0.0996. The molecular weight excluding hydrogens is 358 g/mol. The van der Waals surface area contributed by atoms with Crippen LogP contribution in [-0.4, -0.2) is 17.9 Å². The molecule has 1 N–H and O–H groups in total. The first-order valence-electron chi connectivity index (χ1n) is 8.40. The fourth-order valence-corrected chi connectivity index (χ4v) is 3.46. The molecule has 0 unspecified atom stereocenters. The van der Waals surface area contributed by atoms with Crippen molar-refractivity contribution >= 4 is 33.8 Å². The van der Waals surface area contributed by atoms with E-state index in [1.807, 2.05) is 54.9 Å². The molecule has 0 saturated carbocycles. The number of amides is 1. The molecular formula is C21H17N3O2S. The van der Waals surface area contributed by atoms with Crippen molar-refractivity contribution in [2.24, 2.45) is 0 Å². The maximum atomic E-state index is 12.0. The average Bonchev–Trinajstić information content (AvgIpc) is 3.41. The van der Waals surface area contributed by atoms with E-state index in [1.54, 1.807) is 23.5 Å². The summed E-state index contributed by atoms with van der Waals surface area (Å²) >= 11 is 1.59. The molecule has 2 aromatic carbocycles.